The van der Waals surface area contributed by atoms with Crippen molar-refractivity contribution >= 4 is 17.3 Å². The number of ether oxygens (including phenoxy) is 1. The Morgan fingerprint density at radius 2 is 1.73 bits per heavy atom. The first-order valence-corrected chi connectivity index (χ1v) is 9.22. The fourth-order valence-corrected chi connectivity index (χ4v) is 3.21. The minimum absolute atomic E-state index is 0.00278. The minimum atomic E-state index is -0.145. The molecule has 26 heavy (non-hydrogen) atoms. The van der Waals surface area contributed by atoms with Gasteiger partial charge in [0.2, 0.25) is 0 Å². The Labute approximate surface area is 155 Å². The van der Waals surface area contributed by atoms with E-state index in [9.17, 15) is 4.79 Å². The molecule has 138 valence electrons. The van der Waals surface area contributed by atoms with Crippen molar-refractivity contribution in [3.05, 3.63) is 54.1 Å². The van der Waals surface area contributed by atoms with Gasteiger partial charge in [-0.1, -0.05) is 37.3 Å². The van der Waals surface area contributed by atoms with Gasteiger partial charge < -0.3 is 19.9 Å². The predicted octanol–water partition coefficient (Wildman–Crippen LogP) is 3.15. The molecule has 0 radical (unpaired) electrons. The number of hydrogen-bond acceptors (Lipinski definition) is 4. The standard InChI is InChI=1S/C21H27N3O2/c1-3-23-12-14-24(15-13-23)19-10-6-5-9-18(19)22-21(25)16-26-20-11-7-4-8-17(20)2/h4-11H,3,12-16H2,1-2H3,(H,22,25). The van der Waals surface area contributed by atoms with Gasteiger partial charge in [-0.2, -0.15) is 0 Å². The molecule has 5 heteroatoms. The highest BCUT2D eigenvalue weighted by atomic mass is 16.5. The minimum Gasteiger partial charge on any atom is -0.483 e. The molecule has 3 rings (SSSR count). The van der Waals surface area contributed by atoms with Gasteiger partial charge in [-0.15, -0.1) is 0 Å². The summed E-state index contributed by atoms with van der Waals surface area (Å²) in [6, 6.07) is 15.7. The molecule has 1 fully saturated rings. The number of rotatable bonds is 6. The molecule has 0 aromatic heterocycles. The van der Waals surface area contributed by atoms with Crippen molar-refractivity contribution in [2.45, 2.75) is 13.8 Å². The zero-order chi connectivity index (χ0) is 18.4. The monoisotopic (exact) mass is 353 g/mol. The highest BCUT2D eigenvalue weighted by molar-refractivity contribution is 5.95. The Hall–Kier alpha value is -2.53. The number of nitrogens with zero attached hydrogens (tertiary/aromatic N) is 2. The number of benzene rings is 2. The summed E-state index contributed by atoms with van der Waals surface area (Å²) in [7, 11) is 0. The van der Waals surface area contributed by atoms with Crippen LogP contribution in [0.4, 0.5) is 11.4 Å². The zero-order valence-electron chi connectivity index (χ0n) is 15.6. The summed E-state index contributed by atoms with van der Waals surface area (Å²) >= 11 is 0. The van der Waals surface area contributed by atoms with Crippen molar-refractivity contribution < 1.29 is 9.53 Å². The van der Waals surface area contributed by atoms with Crippen LogP contribution in [0.15, 0.2) is 48.5 Å². The maximum Gasteiger partial charge on any atom is 0.262 e. The average Bonchev–Trinajstić information content (AvgIpc) is 2.68. The van der Waals surface area contributed by atoms with E-state index >= 15 is 0 Å². The summed E-state index contributed by atoms with van der Waals surface area (Å²) < 4.78 is 5.65. The van der Waals surface area contributed by atoms with E-state index in [0.29, 0.717) is 0 Å². The average molecular weight is 353 g/mol. The SMILES string of the molecule is CCN1CCN(c2ccccc2NC(=O)COc2ccccc2C)CC1. The van der Waals surface area contributed by atoms with Crippen LogP contribution in [0.5, 0.6) is 5.75 Å². The highest BCUT2D eigenvalue weighted by Crippen LogP contribution is 2.26. The molecule has 2 aromatic carbocycles. The molecule has 1 saturated heterocycles. The van der Waals surface area contributed by atoms with Crippen LogP contribution in [0.25, 0.3) is 0 Å². The Balaban J connectivity index is 1.61. The quantitative estimate of drug-likeness (QED) is 0.866. The van der Waals surface area contributed by atoms with Crippen LogP contribution in [0, 0.1) is 6.92 Å². The molecular formula is C21H27N3O2. The van der Waals surface area contributed by atoms with Gasteiger partial charge in [0, 0.05) is 26.2 Å². The molecule has 1 amide bonds. The van der Waals surface area contributed by atoms with Crippen LogP contribution in [-0.4, -0.2) is 50.1 Å². The number of piperazine rings is 1. The van der Waals surface area contributed by atoms with Gasteiger partial charge in [0.05, 0.1) is 11.4 Å². The van der Waals surface area contributed by atoms with Crippen LogP contribution in [0.2, 0.25) is 0 Å². The molecular weight excluding hydrogens is 326 g/mol. The second-order valence-corrected chi connectivity index (χ2v) is 6.54. The lowest BCUT2D eigenvalue weighted by Gasteiger charge is -2.36. The summed E-state index contributed by atoms with van der Waals surface area (Å²) in [4.78, 5) is 17.1. The van der Waals surface area contributed by atoms with Gasteiger partial charge in [0.1, 0.15) is 5.75 Å². The van der Waals surface area contributed by atoms with Gasteiger partial charge in [0.15, 0.2) is 6.61 Å². The molecule has 1 aliphatic heterocycles. The van der Waals surface area contributed by atoms with Gasteiger partial charge >= 0.3 is 0 Å². The van der Waals surface area contributed by atoms with Crippen LogP contribution in [0.3, 0.4) is 0 Å². The zero-order valence-corrected chi connectivity index (χ0v) is 15.6. The van der Waals surface area contributed by atoms with Gasteiger partial charge in [-0.25, -0.2) is 0 Å². The molecule has 1 N–H and O–H groups in total. The third kappa shape index (κ3) is 4.55. The summed E-state index contributed by atoms with van der Waals surface area (Å²) in [5.74, 6) is 0.597. The number of nitrogens with one attached hydrogen (secondary N) is 1. The smallest absolute Gasteiger partial charge is 0.262 e. The molecule has 0 unspecified atom stereocenters. The molecule has 1 aliphatic rings. The van der Waals surface area contributed by atoms with Gasteiger partial charge in [-0.05, 0) is 37.2 Å². The first-order chi connectivity index (χ1) is 12.7. The summed E-state index contributed by atoms with van der Waals surface area (Å²) in [6.07, 6.45) is 0. The van der Waals surface area contributed by atoms with E-state index in [1.54, 1.807) is 0 Å². The number of carbonyl (C=O) groups is 1. The van der Waals surface area contributed by atoms with E-state index in [1.165, 1.54) is 0 Å². The predicted molar refractivity (Wildman–Crippen MR) is 106 cm³/mol. The Morgan fingerprint density at radius 3 is 2.46 bits per heavy atom. The molecule has 0 atom stereocenters. The van der Waals surface area contributed by atoms with Crippen molar-refractivity contribution in [2.75, 3.05) is 49.5 Å². The van der Waals surface area contributed by atoms with E-state index in [2.05, 4.69) is 28.1 Å². The molecule has 0 aliphatic carbocycles. The Bertz CT molecular complexity index is 740. The Morgan fingerprint density at radius 1 is 1.04 bits per heavy atom. The van der Waals surface area contributed by atoms with E-state index < -0.39 is 0 Å². The molecule has 0 bridgehead atoms. The number of aryl methyl sites for hydroxylation is 1. The molecule has 0 spiro atoms. The summed E-state index contributed by atoms with van der Waals surface area (Å²) in [6.45, 7) is 9.30. The van der Waals surface area contributed by atoms with Crippen molar-refractivity contribution in [1.82, 2.24) is 4.90 Å². The maximum atomic E-state index is 12.4. The number of amides is 1. The maximum absolute atomic E-state index is 12.4. The van der Waals surface area contributed by atoms with E-state index in [1.807, 2.05) is 49.4 Å². The second kappa shape index (κ2) is 8.72. The van der Waals surface area contributed by atoms with Crippen molar-refractivity contribution in [3.63, 3.8) is 0 Å². The van der Waals surface area contributed by atoms with Crippen molar-refractivity contribution in [2.24, 2.45) is 0 Å². The van der Waals surface area contributed by atoms with Crippen LogP contribution >= 0.6 is 0 Å². The van der Waals surface area contributed by atoms with E-state index in [0.717, 1.165) is 55.4 Å². The van der Waals surface area contributed by atoms with Crippen LogP contribution in [-0.2, 0) is 4.79 Å². The van der Waals surface area contributed by atoms with Gasteiger partial charge in [-0.3, -0.25) is 4.79 Å². The number of anilines is 2. The van der Waals surface area contributed by atoms with E-state index in [-0.39, 0.29) is 12.5 Å². The third-order valence-corrected chi connectivity index (χ3v) is 4.79. The lowest BCUT2D eigenvalue weighted by molar-refractivity contribution is -0.118. The fourth-order valence-electron chi connectivity index (χ4n) is 3.21. The van der Waals surface area contributed by atoms with Crippen molar-refractivity contribution in [3.8, 4) is 5.75 Å². The first kappa shape index (κ1) is 18.3. The summed E-state index contributed by atoms with van der Waals surface area (Å²) in [5.41, 5.74) is 2.94. The lowest BCUT2D eigenvalue weighted by Crippen LogP contribution is -2.46. The molecule has 0 saturated carbocycles. The largest absolute Gasteiger partial charge is 0.483 e. The van der Waals surface area contributed by atoms with Crippen LogP contribution < -0.4 is 15.0 Å². The van der Waals surface area contributed by atoms with E-state index in [4.69, 9.17) is 4.74 Å². The number of likely N-dealkylation sites (N-methyl/N-ethyl adjacent to an activating group) is 1. The number of para-hydroxylation sites is 3. The number of carbonyl (C=O) groups excluding carboxylic acids is 1. The highest BCUT2D eigenvalue weighted by Gasteiger charge is 2.18. The topological polar surface area (TPSA) is 44.8 Å². The van der Waals surface area contributed by atoms with Crippen molar-refractivity contribution in [1.29, 1.82) is 0 Å². The molecule has 2 aromatic rings. The summed E-state index contributed by atoms with van der Waals surface area (Å²) in [5, 5.41) is 3.00. The number of hydrogen-bond donors (Lipinski definition) is 1. The molecule has 5 nitrogen and oxygen atoms in total. The normalized spacial score (nSPS) is 14.9. The Kier molecular flexibility index (Phi) is 6.12. The second-order valence-electron chi connectivity index (χ2n) is 6.54. The third-order valence-electron chi connectivity index (χ3n) is 4.79. The van der Waals surface area contributed by atoms with Gasteiger partial charge in [0.25, 0.3) is 5.91 Å². The molecule has 1 heterocycles. The van der Waals surface area contributed by atoms with Crippen LogP contribution in [0.1, 0.15) is 12.5 Å². The lowest BCUT2D eigenvalue weighted by atomic mass is 10.2. The first-order valence-electron chi connectivity index (χ1n) is 9.22. The fraction of sp³-hybridized carbons (Fsp3) is 0.381.